The van der Waals surface area contributed by atoms with Gasteiger partial charge in [-0.05, 0) is 55.0 Å². The van der Waals surface area contributed by atoms with Crippen molar-refractivity contribution in [3.8, 4) is 5.75 Å². The number of nitrogens with one attached hydrogen (secondary N) is 1. The molecule has 1 amide bonds. The van der Waals surface area contributed by atoms with Crippen LogP contribution in [0, 0.1) is 6.92 Å². The number of rotatable bonds is 3. The van der Waals surface area contributed by atoms with Crippen molar-refractivity contribution in [3.63, 3.8) is 0 Å². The van der Waals surface area contributed by atoms with Crippen LogP contribution in [-0.2, 0) is 0 Å². The number of carboxylic acids is 1. The minimum Gasteiger partial charge on any atom is -0.508 e. The Kier molecular flexibility index (Phi) is 3.70. The van der Waals surface area contributed by atoms with E-state index in [1.54, 1.807) is 13.0 Å². The minimum atomic E-state index is -1.02. The molecule has 0 bridgehead atoms. The number of carbonyl (C=O) groups excluding carboxylic acids is 1. The number of phenolic OH excluding ortho intramolecular Hbond substituents is 1. The molecule has 2 aromatic carbocycles. The van der Waals surface area contributed by atoms with Crippen molar-refractivity contribution in [2.45, 2.75) is 6.92 Å². The molecular formula is C15H13NO4. The van der Waals surface area contributed by atoms with E-state index in [9.17, 15) is 14.7 Å². The van der Waals surface area contributed by atoms with E-state index in [-0.39, 0.29) is 17.2 Å². The molecule has 20 heavy (non-hydrogen) atoms. The molecule has 0 unspecified atom stereocenters. The van der Waals surface area contributed by atoms with E-state index in [2.05, 4.69) is 5.32 Å². The number of benzene rings is 2. The number of carboxylic acid groups (broad SMARTS) is 1. The molecule has 2 aromatic rings. The summed E-state index contributed by atoms with van der Waals surface area (Å²) < 4.78 is 0. The molecule has 0 saturated carbocycles. The largest absolute Gasteiger partial charge is 0.508 e. The summed E-state index contributed by atoms with van der Waals surface area (Å²) >= 11 is 0. The Balaban J connectivity index is 2.14. The number of aryl methyl sites for hydroxylation is 1. The fourth-order valence-electron chi connectivity index (χ4n) is 1.70. The van der Waals surface area contributed by atoms with Gasteiger partial charge in [-0.15, -0.1) is 0 Å². The number of phenols is 1. The van der Waals surface area contributed by atoms with Crippen molar-refractivity contribution in [2.24, 2.45) is 0 Å². The minimum absolute atomic E-state index is 0.132. The first kappa shape index (κ1) is 13.6. The first-order valence-corrected chi connectivity index (χ1v) is 5.91. The van der Waals surface area contributed by atoms with E-state index >= 15 is 0 Å². The molecule has 2 rings (SSSR count). The van der Waals surface area contributed by atoms with Crippen LogP contribution < -0.4 is 5.32 Å². The molecule has 0 spiro atoms. The van der Waals surface area contributed by atoms with E-state index in [1.807, 2.05) is 0 Å². The molecule has 0 atom stereocenters. The van der Waals surface area contributed by atoms with Crippen molar-refractivity contribution in [2.75, 3.05) is 5.32 Å². The van der Waals surface area contributed by atoms with Crippen LogP contribution in [-0.4, -0.2) is 22.1 Å². The van der Waals surface area contributed by atoms with E-state index in [0.717, 1.165) is 0 Å². The van der Waals surface area contributed by atoms with Crippen molar-refractivity contribution in [1.82, 2.24) is 0 Å². The molecule has 0 aliphatic rings. The maximum Gasteiger partial charge on any atom is 0.335 e. The van der Waals surface area contributed by atoms with Gasteiger partial charge in [-0.25, -0.2) is 4.79 Å². The molecule has 0 fully saturated rings. The summed E-state index contributed by atoms with van der Waals surface area (Å²) in [7, 11) is 0. The van der Waals surface area contributed by atoms with Crippen LogP contribution in [0.25, 0.3) is 0 Å². The lowest BCUT2D eigenvalue weighted by atomic mass is 10.1. The van der Waals surface area contributed by atoms with Crippen LogP contribution in [0.1, 0.15) is 26.3 Å². The summed E-state index contributed by atoms with van der Waals surface area (Å²) in [6.07, 6.45) is 0. The lowest BCUT2D eigenvalue weighted by molar-refractivity contribution is 0.0696. The highest BCUT2D eigenvalue weighted by molar-refractivity contribution is 6.04. The quantitative estimate of drug-likeness (QED) is 0.801. The topological polar surface area (TPSA) is 86.6 Å². The van der Waals surface area contributed by atoms with E-state index in [0.29, 0.717) is 16.8 Å². The second-order valence-corrected chi connectivity index (χ2v) is 4.34. The van der Waals surface area contributed by atoms with Crippen molar-refractivity contribution >= 4 is 17.6 Å². The summed E-state index contributed by atoms with van der Waals surface area (Å²) in [5.74, 6) is -1.21. The first-order valence-electron chi connectivity index (χ1n) is 5.91. The van der Waals surface area contributed by atoms with Crippen LogP contribution in [0.4, 0.5) is 5.69 Å². The molecule has 0 heterocycles. The third kappa shape index (κ3) is 2.95. The Labute approximate surface area is 115 Å². The Bertz CT molecular complexity index is 662. The zero-order valence-electron chi connectivity index (χ0n) is 10.8. The molecule has 3 N–H and O–H groups in total. The lowest BCUT2D eigenvalue weighted by Gasteiger charge is -2.07. The van der Waals surface area contributed by atoms with Gasteiger partial charge >= 0.3 is 5.97 Å². The molecule has 5 heteroatoms. The van der Waals surface area contributed by atoms with Gasteiger partial charge in [0.05, 0.1) is 5.56 Å². The van der Waals surface area contributed by atoms with Crippen molar-refractivity contribution < 1.29 is 19.8 Å². The fourth-order valence-corrected chi connectivity index (χ4v) is 1.70. The summed E-state index contributed by atoms with van der Waals surface area (Å²) in [6, 6.07) is 10.4. The Morgan fingerprint density at radius 1 is 1.00 bits per heavy atom. The molecule has 0 aliphatic heterocycles. The highest BCUT2D eigenvalue weighted by Crippen LogP contribution is 2.18. The van der Waals surface area contributed by atoms with Gasteiger partial charge in [-0.3, -0.25) is 4.79 Å². The van der Waals surface area contributed by atoms with Crippen molar-refractivity contribution in [3.05, 3.63) is 59.2 Å². The Morgan fingerprint density at radius 2 is 1.60 bits per heavy atom. The van der Waals surface area contributed by atoms with Crippen molar-refractivity contribution in [1.29, 1.82) is 0 Å². The molecule has 5 nitrogen and oxygen atoms in total. The van der Waals surface area contributed by atoms with Gasteiger partial charge in [0, 0.05) is 11.3 Å². The number of hydrogen-bond acceptors (Lipinski definition) is 3. The normalized spacial score (nSPS) is 10.1. The smallest absolute Gasteiger partial charge is 0.335 e. The monoisotopic (exact) mass is 271 g/mol. The number of aromatic carboxylic acids is 1. The third-order valence-corrected chi connectivity index (χ3v) is 2.85. The van der Waals surface area contributed by atoms with Gasteiger partial charge in [0.25, 0.3) is 5.91 Å². The molecule has 0 aliphatic carbocycles. The molecule has 102 valence electrons. The molecule has 0 saturated heterocycles. The predicted molar refractivity (Wildman–Crippen MR) is 74.2 cm³/mol. The second-order valence-electron chi connectivity index (χ2n) is 4.34. The summed E-state index contributed by atoms with van der Waals surface area (Å²) in [4.78, 5) is 22.7. The van der Waals surface area contributed by atoms with Crippen LogP contribution >= 0.6 is 0 Å². The van der Waals surface area contributed by atoms with Crippen LogP contribution in [0.2, 0.25) is 0 Å². The van der Waals surface area contributed by atoms with E-state index < -0.39 is 5.97 Å². The van der Waals surface area contributed by atoms with Gasteiger partial charge in [-0.1, -0.05) is 0 Å². The molecule has 0 radical (unpaired) electrons. The SMILES string of the molecule is Cc1cc(C(=O)Nc2ccc(C(=O)O)cc2)ccc1O. The first-order chi connectivity index (χ1) is 9.47. The standard InChI is InChI=1S/C15H13NO4/c1-9-8-11(4-7-13(9)17)14(18)16-12-5-2-10(3-6-12)15(19)20/h2-8,17H,1H3,(H,16,18)(H,19,20). The zero-order chi connectivity index (χ0) is 14.7. The summed E-state index contributed by atoms with van der Waals surface area (Å²) in [5.41, 5.74) is 1.69. The summed E-state index contributed by atoms with van der Waals surface area (Å²) in [6.45, 7) is 1.70. The average molecular weight is 271 g/mol. The maximum absolute atomic E-state index is 12.0. The zero-order valence-corrected chi connectivity index (χ0v) is 10.8. The van der Waals surface area contributed by atoms with E-state index in [1.165, 1.54) is 36.4 Å². The maximum atomic E-state index is 12.0. The van der Waals surface area contributed by atoms with Gasteiger partial charge < -0.3 is 15.5 Å². The number of aromatic hydroxyl groups is 1. The highest BCUT2D eigenvalue weighted by Gasteiger charge is 2.08. The van der Waals surface area contributed by atoms with Gasteiger partial charge in [-0.2, -0.15) is 0 Å². The van der Waals surface area contributed by atoms with Crippen LogP contribution in [0.5, 0.6) is 5.75 Å². The second kappa shape index (κ2) is 5.44. The van der Waals surface area contributed by atoms with Crippen LogP contribution in [0.15, 0.2) is 42.5 Å². The third-order valence-electron chi connectivity index (χ3n) is 2.85. The number of anilines is 1. The molecule has 0 aromatic heterocycles. The number of carbonyl (C=O) groups is 2. The van der Waals surface area contributed by atoms with Gasteiger partial charge in [0.15, 0.2) is 0 Å². The Hall–Kier alpha value is -2.82. The number of hydrogen-bond donors (Lipinski definition) is 3. The molecular weight excluding hydrogens is 258 g/mol. The van der Waals surface area contributed by atoms with E-state index in [4.69, 9.17) is 5.11 Å². The highest BCUT2D eigenvalue weighted by atomic mass is 16.4. The fraction of sp³-hybridized carbons (Fsp3) is 0.0667. The Morgan fingerprint density at radius 3 is 2.15 bits per heavy atom. The van der Waals surface area contributed by atoms with Gasteiger partial charge in [0.1, 0.15) is 5.75 Å². The predicted octanol–water partition coefficient (Wildman–Crippen LogP) is 2.65. The lowest BCUT2D eigenvalue weighted by Crippen LogP contribution is -2.12. The average Bonchev–Trinajstić information content (AvgIpc) is 2.42. The number of amides is 1. The summed E-state index contributed by atoms with van der Waals surface area (Å²) in [5, 5.41) is 20.8. The van der Waals surface area contributed by atoms with Crippen LogP contribution in [0.3, 0.4) is 0 Å². The van der Waals surface area contributed by atoms with Gasteiger partial charge in [0.2, 0.25) is 0 Å².